The quantitative estimate of drug-likeness (QED) is 0.482. The molecule has 0 aromatic rings. The van der Waals surface area contributed by atoms with E-state index in [1.54, 1.807) is 0 Å². The van der Waals surface area contributed by atoms with Gasteiger partial charge in [0.2, 0.25) is 5.60 Å². The summed E-state index contributed by atoms with van der Waals surface area (Å²) < 4.78 is 53.7. The van der Waals surface area contributed by atoms with E-state index in [0.29, 0.717) is 0 Å². The first-order chi connectivity index (χ1) is 5.21. The van der Waals surface area contributed by atoms with Gasteiger partial charge in [-0.05, 0) is 0 Å². The molecule has 0 atom stereocenters. The van der Waals surface area contributed by atoms with Crippen molar-refractivity contribution in [3.63, 3.8) is 0 Å². The van der Waals surface area contributed by atoms with Crippen molar-refractivity contribution in [1.29, 1.82) is 0 Å². The van der Waals surface area contributed by atoms with Crippen LogP contribution in [0.5, 0.6) is 0 Å². The molecule has 0 bridgehead atoms. The second-order valence-corrected chi connectivity index (χ2v) is 2.67. The van der Waals surface area contributed by atoms with Crippen molar-refractivity contribution in [2.24, 2.45) is 11.5 Å². The molecule has 0 aromatic carbocycles. The molecule has 1 aliphatic heterocycles. The molecule has 1 aliphatic rings. The monoisotopic (exact) mass is 188 g/mol. The lowest BCUT2D eigenvalue weighted by Crippen LogP contribution is -2.73. The average Bonchev–Trinajstić information content (AvgIpc) is 1.47. The zero-order chi connectivity index (χ0) is 9.62. The number of hydrogen-bond acceptors (Lipinski definition) is 3. The van der Waals surface area contributed by atoms with Crippen LogP contribution in [0, 0.1) is 0 Å². The highest BCUT2D eigenvalue weighted by molar-refractivity contribution is 5.04. The molecule has 0 unspecified atom stereocenters. The van der Waals surface area contributed by atoms with Crippen molar-refractivity contribution in [3.05, 3.63) is 0 Å². The minimum Gasteiger partial charge on any atom is -0.360 e. The van der Waals surface area contributed by atoms with E-state index in [0.717, 1.165) is 0 Å². The summed E-state index contributed by atoms with van der Waals surface area (Å²) >= 11 is 0. The third-order valence-corrected chi connectivity index (χ3v) is 1.88. The van der Waals surface area contributed by atoms with Gasteiger partial charge in [-0.3, -0.25) is 11.5 Å². The van der Waals surface area contributed by atoms with Gasteiger partial charge in [-0.2, -0.15) is 17.6 Å². The van der Waals surface area contributed by atoms with E-state index in [4.69, 9.17) is 0 Å². The molecule has 1 heterocycles. The number of nitrogens with two attached hydrogens (primary N) is 2. The Hall–Kier alpha value is -0.400. The number of halogens is 4. The van der Waals surface area contributed by atoms with Crippen LogP contribution in [0.15, 0.2) is 0 Å². The topological polar surface area (TPSA) is 61.3 Å². The minimum absolute atomic E-state index is 0.181. The van der Waals surface area contributed by atoms with Crippen molar-refractivity contribution < 1.29 is 22.3 Å². The lowest BCUT2D eigenvalue weighted by Gasteiger charge is -2.47. The van der Waals surface area contributed by atoms with E-state index < -0.39 is 24.1 Å². The summed E-state index contributed by atoms with van der Waals surface area (Å²) in [4.78, 5) is 0. The van der Waals surface area contributed by atoms with E-state index in [9.17, 15) is 17.6 Å². The Bertz CT molecular complexity index is 165. The number of alkyl halides is 4. The molecule has 0 radical (unpaired) electrons. The summed E-state index contributed by atoms with van der Waals surface area (Å²) in [6.45, 7) is -0.181. The molecule has 0 amide bonds. The van der Waals surface area contributed by atoms with Crippen molar-refractivity contribution in [2.45, 2.75) is 24.1 Å². The lowest BCUT2D eigenvalue weighted by atomic mass is 9.89. The summed E-state index contributed by atoms with van der Waals surface area (Å²) in [5, 5.41) is 0. The molecular formula is C5H8F4N2O. The number of rotatable bonds is 2. The molecule has 1 fully saturated rings. The molecule has 0 aromatic heterocycles. The molecule has 12 heavy (non-hydrogen) atoms. The SMILES string of the molecule is NC(F)(F)C1(C(N)(F)F)CCO1. The van der Waals surface area contributed by atoms with Gasteiger partial charge in [-0.25, -0.2) is 0 Å². The summed E-state index contributed by atoms with van der Waals surface area (Å²) in [5.74, 6) is 0. The van der Waals surface area contributed by atoms with Crippen molar-refractivity contribution in [2.75, 3.05) is 6.61 Å². The van der Waals surface area contributed by atoms with Gasteiger partial charge in [0, 0.05) is 6.42 Å². The summed E-state index contributed by atoms with van der Waals surface area (Å²) in [6, 6.07) is -8.24. The zero-order valence-corrected chi connectivity index (χ0v) is 5.99. The van der Waals surface area contributed by atoms with Gasteiger partial charge in [0.05, 0.1) is 6.61 Å². The van der Waals surface area contributed by atoms with Gasteiger partial charge < -0.3 is 4.74 Å². The van der Waals surface area contributed by atoms with Crippen LogP contribution in [0.1, 0.15) is 6.42 Å². The summed E-state index contributed by atoms with van der Waals surface area (Å²) in [6.07, 6.45) is -0.542. The fourth-order valence-electron chi connectivity index (χ4n) is 1.05. The molecule has 7 heteroatoms. The van der Waals surface area contributed by atoms with Gasteiger partial charge >= 0.3 is 12.1 Å². The third-order valence-electron chi connectivity index (χ3n) is 1.88. The van der Waals surface area contributed by atoms with Crippen LogP contribution in [0.3, 0.4) is 0 Å². The number of ether oxygens (including phenoxy) is 1. The molecule has 0 saturated carbocycles. The summed E-state index contributed by atoms with van der Waals surface area (Å²) in [7, 11) is 0. The Morgan fingerprint density at radius 3 is 1.42 bits per heavy atom. The molecule has 1 rings (SSSR count). The Morgan fingerprint density at radius 2 is 1.42 bits per heavy atom. The van der Waals surface area contributed by atoms with Gasteiger partial charge in [-0.1, -0.05) is 0 Å². The van der Waals surface area contributed by atoms with Gasteiger partial charge in [-0.15, -0.1) is 0 Å². The smallest absolute Gasteiger partial charge is 0.336 e. The first-order valence-electron chi connectivity index (χ1n) is 3.18. The van der Waals surface area contributed by atoms with Crippen molar-refractivity contribution in [1.82, 2.24) is 0 Å². The van der Waals surface area contributed by atoms with E-state index in [-0.39, 0.29) is 6.61 Å². The maximum atomic E-state index is 12.4. The highest BCUT2D eigenvalue weighted by Gasteiger charge is 2.70. The second-order valence-electron chi connectivity index (χ2n) is 2.67. The molecule has 0 spiro atoms. The number of hydrogen-bond donors (Lipinski definition) is 2. The molecule has 72 valence electrons. The van der Waals surface area contributed by atoms with Crippen LogP contribution in [-0.4, -0.2) is 24.3 Å². The Morgan fingerprint density at radius 1 is 1.08 bits per heavy atom. The van der Waals surface area contributed by atoms with Gasteiger partial charge in [0.1, 0.15) is 0 Å². The van der Waals surface area contributed by atoms with Crippen LogP contribution in [0.25, 0.3) is 0 Å². The maximum absolute atomic E-state index is 12.4. The maximum Gasteiger partial charge on any atom is 0.336 e. The molecular weight excluding hydrogens is 180 g/mol. The first kappa shape index (κ1) is 9.69. The fourth-order valence-corrected chi connectivity index (χ4v) is 1.05. The van der Waals surface area contributed by atoms with Crippen LogP contribution < -0.4 is 11.5 Å². The first-order valence-corrected chi connectivity index (χ1v) is 3.18. The van der Waals surface area contributed by atoms with Gasteiger partial charge in [0.25, 0.3) is 0 Å². The van der Waals surface area contributed by atoms with Crippen LogP contribution in [-0.2, 0) is 4.74 Å². The molecule has 4 N–H and O–H groups in total. The Labute approximate surface area is 65.6 Å². The highest BCUT2D eigenvalue weighted by Crippen LogP contribution is 2.46. The van der Waals surface area contributed by atoms with Crippen LogP contribution in [0.4, 0.5) is 17.6 Å². The van der Waals surface area contributed by atoms with Crippen LogP contribution >= 0.6 is 0 Å². The van der Waals surface area contributed by atoms with E-state index in [2.05, 4.69) is 16.2 Å². The second kappa shape index (κ2) is 2.30. The van der Waals surface area contributed by atoms with E-state index >= 15 is 0 Å². The average molecular weight is 188 g/mol. The normalized spacial score (nSPS) is 23.5. The third kappa shape index (κ3) is 1.08. The van der Waals surface area contributed by atoms with Crippen molar-refractivity contribution in [3.8, 4) is 0 Å². The Balaban J connectivity index is 2.92. The van der Waals surface area contributed by atoms with E-state index in [1.165, 1.54) is 0 Å². The highest BCUT2D eigenvalue weighted by atomic mass is 19.3. The van der Waals surface area contributed by atoms with E-state index in [1.807, 2.05) is 0 Å². The molecule has 0 aliphatic carbocycles. The fraction of sp³-hybridized carbons (Fsp3) is 1.00. The summed E-state index contributed by atoms with van der Waals surface area (Å²) in [5.41, 5.74) is 5.47. The lowest BCUT2D eigenvalue weighted by molar-refractivity contribution is -0.350. The van der Waals surface area contributed by atoms with Crippen LogP contribution in [0.2, 0.25) is 0 Å². The van der Waals surface area contributed by atoms with Gasteiger partial charge in [0.15, 0.2) is 0 Å². The zero-order valence-electron chi connectivity index (χ0n) is 5.99. The molecule has 3 nitrogen and oxygen atoms in total. The largest absolute Gasteiger partial charge is 0.360 e. The standard InChI is InChI=1S/C5H8F4N2O/c6-4(7,10)3(1-2-12-3)5(8,9)11/h1-2,10-11H2. The minimum atomic E-state index is -4.12. The predicted octanol–water partition coefficient (Wildman–Crippen LogP) is 0.248. The molecule has 1 saturated heterocycles. The predicted molar refractivity (Wildman–Crippen MR) is 31.6 cm³/mol. The van der Waals surface area contributed by atoms with Crippen molar-refractivity contribution >= 4 is 0 Å². The Kier molecular flexibility index (Phi) is 1.86.